The Balaban J connectivity index is 2.36. The van der Waals surface area contributed by atoms with E-state index in [0.717, 1.165) is 6.54 Å². The van der Waals surface area contributed by atoms with E-state index in [2.05, 4.69) is 44.8 Å². The minimum atomic E-state index is 0.570. The summed E-state index contributed by atoms with van der Waals surface area (Å²) in [5, 5.41) is 1.29. The number of nitrogens with zero attached hydrogens (tertiary/aromatic N) is 2. The van der Waals surface area contributed by atoms with Gasteiger partial charge >= 0.3 is 0 Å². The quantitative estimate of drug-likeness (QED) is 0.584. The van der Waals surface area contributed by atoms with Crippen LogP contribution in [-0.4, -0.2) is 11.5 Å². The average Bonchev–Trinajstić information content (AvgIpc) is 2.49. The fourth-order valence-electron chi connectivity index (χ4n) is 1.45. The van der Waals surface area contributed by atoms with Crippen LogP contribution in [0.4, 0.5) is 5.82 Å². The highest BCUT2D eigenvalue weighted by Gasteiger charge is 2.20. The summed E-state index contributed by atoms with van der Waals surface area (Å²) in [5.41, 5.74) is 0. The summed E-state index contributed by atoms with van der Waals surface area (Å²) >= 11 is 4.25. The Morgan fingerprint density at radius 3 is 2.92 bits per heavy atom. The molecule has 2 rings (SSSR count). The van der Waals surface area contributed by atoms with E-state index < -0.39 is 0 Å². The number of aromatic nitrogens is 1. The predicted molar refractivity (Wildman–Crippen MR) is 65.9 cm³/mol. The van der Waals surface area contributed by atoms with Crippen LogP contribution < -0.4 is 3.11 Å². The highest BCUT2D eigenvalue weighted by atomic mass is 127. The number of aryl methyl sites for hydroxylation is 1. The van der Waals surface area contributed by atoms with Crippen molar-refractivity contribution in [1.29, 1.82) is 0 Å². The molecule has 13 heavy (non-hydrogen) atoms. The molecule has 72 valence electrons. The van der Waals surface area contributed by atoms with Gasteiger partial charge in [-0.05, 0) is 12.8 Å². The molecule has 4 heteroatoms. The smallest absolute Gasteiger partial charge is 0.151 e. The molecule has 0 aliphatic carbocycles. The van der Waals surface area contributed by atoms with Crippen LogP contribution in [0.25, 0.3) is 0 Å². The lowest BCUT2D eigenvalue weighted by atomic mass is 10.2. The van der Waals surface area contributed by atoms with Crippen molar-refractivity contribution < 1.29 is 0 Å². The highest BCUT2D eigenvalue weighted by Crippen LogP contribution is 2.35. The van der Waals surface area contributed by atoms with Crippen molar-refractivity contribution in [2.45, 2.75) is 32.6 Å². The maximum absolute atomic E-state index is 4.67. The standard InChI is InChI=1S/C9H13IN2S/c1-6(2)9-11-8-7(13-9)4-3-5-12(8)10/h6H,3-5H2,1-2H3. The largest absolute Gasteiger partial charge is 0.298 e. The first-order chi connectivity index (χ1) is 6.18. The third kappa shape index (κ3) is 1.83. The van der Waals surface area contributed by atoms with Gasteiger partial charge in [0.1, 0.15) is 0 Å². The third-order valence-corrected chi connectivity index (χ3v) is 4.52. The number of hydrogen-bond acceptors (Lipinski definition) is 3. The first-order valence-electron chi connectivity index (χ1n) is 4.61. The van der Waals surface area contributed by atoms with Crippen molar-refractivity contribution in [3.63, 3.8) is 0 Å². The molecule has 0 N–H and O–H groups in total. The zero-order valence-corrected chi connectivity index (χ0v) is 10.9. The summed E-state index contributed by atoms with van der Waals surface area (Å²) in [6.07, 6.45) is 2.49. The second-order valence-electron chi connectivity index (χ2n) is 3.64. The van der Waals surface area contributed by atoms with E-state index >= 15 is 0 Å². The van der Waals surface area contributed by atoms with E-state index in [-0.39, 0.29) is 0 Å². The van der Waals surface area contributed by atoms with Crippen molar-refractivity contribution in [3.8, 4) is 0 Å². The fraction of sp³-hybridized carbons (Fsp3) is 0.667. The molecule has 0 spiro atoms. The van der Waals surface area contributed by atoms with Gasteiger partial charge in [0.05, 0.1) is 27.9 Å². The van der Waals surface area contributed by atoms with Gasteiger partial charge in [-0.25, -0.2) is 4.98 Å². The van der Waals surface area contributed by atoms with Crippen molar-refractivity contribution in [3.05, 3.63) is 9.88 Å². The molecule has 0 atom stereocenters. The molecular weight excluding hydrogens is 295 g/mol. The molecule has 1 aromatic rings. The molecule has 1 aliphatic heterocycles. The number of fused-ring (bicyclic) bond motifs is 1. The zero-order chi connectivity index (χ0) is 9.42. The van der Waals surface area contributed by atoms with Gasteiger partial charge in [-0.1, -0.05) is 13.8 Å². The number of hydrogen-bond donors (Lipinski definition) is 0. The van der Waals surface area contributed by atoms with Gasteiger partial charge in [0, 0.05) is 17.3 Å². The van der Waals surface area contributed by atoms with Crippen LogP contribution in [0.3, 0.4) is 0 Å². The van der Waals surface area contributed by atoms with Gasteiger partial charge in [0.2, 0.25) is 0 Å². The molecular formula is C9H13IN2S. The zero-order valence-electron chi connectivity index (χ0n) is 7.88. The second-order valence-corrected chi connectivity index (χ2v) is 5.92. The molecule has 0 saturated heterocycles. The second kappa shape index (κ2) is 3.73. The highest BCUT2D eigenvalue weighted by molar-refractivity contribution is 14.1. The maximum Gasteiger partial charge on any atom is 0.151 e. The number of thiazole rings is 1. The number of halogens is 1. The van der Waals surface area contributed by atoms with Crippen molar-refractivity contribution in [2.24, 2.45) is 0 Å². The number of rotatable bonds is 1. The molecule has 1 aromatic heterocycles. The van der Waals surface area contributed by atoms with Gasteiger partial charge in [0.15, 0.2) is 5.82 Å². The molecule has 0 fully saturated rings. The first kappa shape index (κ1) is 9.71. The van der Waals surface area contributed by atoms with Crippen LogP contribution in [0.5, 0.6) is 0 Å². The molecule has 0 unspecified atom stereocenters. The van der Waals surface area contributed by atoms with Gasteiger partial charge in [-0.3, -0.25) is 3.11 Å². The van der Waals surface area contributed by atoms with Crippen molar-refractivity contribution in [1.82, 2.24) is 4.98 Å². The van der Waals surface area contributed by atoms with Gasteiger partial charge in [-0.15, -0.1) is 11.3 Å². The molecule has 0 amide bonds. The van der Waals surface area contributed by atoms with E-state index in [1.54, 1.807) is 0 Å². The topological polar surface area (TPSA) is 16.1 Å². The SMILES string of the molecule is CC(C)c1nc2c(s1)CCCN2I. The monoisotopic (exact) mass is 308 g/mol. The van der Waals surface area contributed by atoms with Crippen LogP contribution in [0.1, 0.15) is 36.1 Å². The lowest BCUT2D eigenvalue weighted by molar-refractivity contribution is 0.801. The third-order valence-electron chi connectivity index (χ3n) is 2.18. The minimum Gasteiger partial charge on any atom is -0.298 e. The summed E-state index contributed by atoms with van der Waals surface area (Å²) < 4.78 is 2.25. The molecule has 0 radical (unpaired) electrons. The Bertz CT molecular complexity index is 309. The van der Waals surface area contributed by atoms with Crippen LogP contribution in [-0.2, 0) is 6.42 Å². The summed E-state index contributed by atoms with van der Waals surface area (Å²) in [4.78, 5) is 6.14. The normalized spacial score (nSPS) is 16.5. The molecule has 1 aliphatic rings. The van der Waals surface area contributed by atoms with E-state index in [9.17, 15) is 0 Å². The van der Waals surface area contributed by atoms with Gasteiger partial charge < -0.3 is 0 Å². The maximum atomic E-state index is 4.67. The van der Waals surface area contributed by atoms with Crippen molar-refractivity contribution >= 4 is 40.0 Å². The summed E-state index contributed by atoms with van der Waals surface area (Å²) in [6, 6.07) is 0. The molecule has 0 aromatic carbocycles. The van der Waals surface area contributed by atoms with Crippen LogP contribution in [0.15, 0.2) is 0 Å². The van der Waals surface area contributed by atoms with Crippen molar-refractivity contribution in [2.75, 3.05) is 9.66 Å². The number of anilines is 1. The Morgan fingerprint density at radius 1 is 1.54 bits per heavy atom. The summed E-state index contributed by atoms with van der Waals surface area (Å²) in [7, 11) is 0. The average molecular weight is 308 g/mol. The lowest BCUT2D eigenvalue weighted by Crippen LogP contribution is -2.17. The van der Waals surface area contributed by atoms with Crippen LogP contribution >= 0.6 is 34.2 Å². The lowest BCUT2D eigenvalue weighted by Gasteiger charge is -2.19. The Hall–Kier alpha value is 0.160. The van der Waals surface area contributed by atoms with Gasteiger partial charge in [0.25, 0.3) is 0 Å². The Labute approximate surface area is 96.9 Å². The minimum absolute atomic E-state index is 0.570. The summed E-state index contributed by atoms with van der Waals surface area (Å²) in [6.45, 7) is 5.57. The molecule has 2 nitrogen and oxygen atoms in total. The van der Waals surface area contributed by atoms with Crippen LogP contribution in [0, 0.1) is 0 Å². The van der Waals surface area contributed by atoms with E-state index in [1.165, 1.54) is 28.5 Å². The Kier molecular flexibility index (Phi) is 2.78. The molecule has 2 heterocycles. The molecule has 0 bridgehead atoms. The predicted octanol–water partition coefficient (Wildman–Crippen LogP) is 3.37. The first-order valence-corrected chi connectivity index (χ1v) is 6.39. The van der Waals surface area contributed by atoms with E-state index in [1.807, 2.05) is 11.3 Å². The Morgan fingerprint density at radius 2 is 2.31 bits per heavy atom. The van der Waals surface area contributed by atoms with Gasteiger partial charge in [-0.2, -0.15) is 0 Å². The molecule has 0 saturated carbocycles. The van der Waals surface area contributed by atoms with Crippen LogP contribution in [0.2, 0.25) is 0 Å². The van der Waals surface area contributed by atoms with E-state index in [4.69, 9.17) is 0 Å². The summed E-state index contributed by atoms with van der Waals surface area (Å²) in [5.74, 6) is 1.79. The van der Waals surface area contributed by atoms with E-state index in [0.29, 0.717) is 5.92 Å². The fourth-order valence-corrected chi connectivity index (χ4v) is 3.46.